The fourth-order valence-corrected chi connectivity index (χ4v) is 4.51. The normalized spacial score (nSPS) is 29.6. The highest BCUT2D eigenvalue weighted by Gasteiger charge is 2.45. The van der Waals surface area contributed by atoms with E-state index in [-0.39, 0.29) is 0 Å². The molecule has 2 aromatic carbocycles. The van der Waals surface area contributed by atoms with Crippen LogP contribution in [0.4, 0.5) is 0 Å². The van der Waals surface area contributed by atoms with E-state index in [9.17, 15) is 0 Å². The van der Waals surface area contributed by atoms with E-state index in [4.69, 9.17) is 11.6 Å². The molecule has 2 nitrogen and oxygen atoms in total. The van der Waals surface area contributed by atoms with Gasteiger partial charge in [0.05, 0.1) is 0 Å². The summed E-state index contributed by atoms with van der Waals surface area (Å²) in [5.41, 5.74) is 2.57. The lowest BCUT2D eigenvalue weighted by Crippen LogP contribution is -2.37. The molecular weight excluding hydrogens is 304 g/mol. The van der Waals surface area contributed by atoms with E-state index in [0.717, 1.165) is 17.5 Å². The second kappa shape index (κ2) is 6.64. The molecule has 0 amide bonds. The zero-order valence-electron chi connectivity index (χ0n) is 13.2. The molecule has 2 aromatic rings. The van der Waals surface area contributed by atoms with Gasteiger partial charge in [-0.15, -0.1) is 0 Å². The van der Waals surface area contributed by atoms with E-state index >= 15 is 0 Å². The average molecular weight is 327 g/mol. The van der Waals surface area contributed by atoms with Crippen molar-refractivity contribution < 1.29 is 0 Å². The van der Waals surface area contributed by atoms with Gasteiger partial charge in [-0.1, -0.05) is 66.6 Å². The Morgan fingerprint density at radius 3 is 2.61 bits per heavy atom. The molecule has 2 fully saturated rings. The van der Waals surface area contributed by atoms with E-state index in [1.807, 2.05) is 12.1 Å². The van der Waals surface area contributed by atoms with Gasteiger partial charge in [0.25, 0.3) is 0 Å². The highest BCUT2D eigenvalue weighted by atomic mass is 35.5. The standard InChI is InChI=1S/C20H23ClN2/c21-17-11-5-4-9-15(17)13-22-20-16-10-6-12-18(16)23-19(20)14-7-2-1-3-8-14/h1-5,7-9,11,16,18-20,22-23H,6,10,12-13H2/t16-,18+,19+,20-/m0/s1. The minimum absolute atomic E-state index is 0.397. The summed E-state index contributed by atoms with van der Waals surface area (Å²) in [7, 11) is 0. The highest BCUT2D eigenvalue weighted by molar-refractivity contribution is 6.31. The zero-order chi connectivity index (χ0) is 15.6. The Morgan fingerprint density at radius 1 is 1.00 bits per heavy atom. The molecule has 1 aliphatic carbocycles. The van der Waals surface area contributed by atoms with Gasteiger partial charge in [-0.3, -0.25) is 0 Å². The molecule has 0 spiro atoms. The van der Waals surface area contributed by atoms with Crippen LogP contribution < -0.4 is 10.6 Å². The van der Waals surface area contributed by atoms with Gasteiger partial charge in [0.2, 0.25) is 0 Å². The van der Waals surface area contributed by atoms with Crippen LogP contribution in [0.3, 0.4) is 0 Å². The SMILES string of the molecule is Clc1ccccc1CN[C@H]1[C@H]2CCC[C@H]2N[C@@H]1c1ccccc1. The number of halogens is 1. The van der Waals surface area contributed by atoms with Crippen molar-refractivity contribution in [2.45, 2.75) is 43.9 Å². The van der Waals surface area contributed by atoms with Crippen molar-refractivity contribution in [2.75, 3.05) is 0 Å². The molecule has 0 bridgehead atoms. The fourth-order valence-electron chi connectivity index (χ4n) is 4.31. The first kappa shape index (κ1) is 15.2. The fraction of sp³-hybridized carbons (Fsp3) is 0.400. The van der Waals surface area contributed by atoms with Crippen LogP contribution in [0.25, 0.3) is 0 Å². The van der Waals surface area contributed by atoms with Crippen LogP contribution in [0.1, 0.15) is 36.4 Å². The molecule has 2 aliphatic rings. The Balaban J connectivity index is 1.54. The van der Waals surface area contributed by atoms with Crippen LogP contribution in [0, 0.1) is 5.92 Å². The van der Waals surface area contributed by atoms with Crippen molar-refractivity contribution in [1.29, 1.82) is 0 Å². The van der Waals surface area contributed by atoms with Gasteiger partial charge in [0, 0.05) is 29.7 Å². The molecule has 23 heavy (non-hydrogen) atoms. The van der Waals surface area contributed by atoms with Crippen LogP contribution in [-0.2, 0) is 6.54 Å². The van der Waals surface area contributed by atoms with E-state index in [1.165, 1.54) is 30.4 Å². The number of hydrogen-bond donors (Lipinski definition) is 2. The minimum Gasteiger partial charge on any atom is -0.308 e. The summed E-state index contributed by atoms with van der Waals surface area (Å²) in [4.78, 5) is 0. The molecule has 4 atom stereocenters. The van der Waals surface area contributed by atoms with Gasteiger partial charge in [-0.05, 0) is 36.0 Å². The van der Waals surface area contributed by atoms with Crippen LogP contribution in [0.15, 0.2) is 54.6 Å². The predicted molar refractivity (Wildman–Crippen MR) is 95.5 cm³/mol. The molecule has 1 saturated carbocycles. The van der Waals surface area contributed by atoms with E-state index in [0.29, 0.717) is 18.1 Å². The monoisotopic (exact) mass is 326 g/mol. The third-order valence-electron chi connectivity index (χ3n) is 5.43. The molecule has 0 aromatic heterocycles. The van der Waals surface area contributed by atoms with Gasteiger partial charge < -0.3 is 10.6 Å². The Labute approximate surface area is 143 Å². The van der Waals surface area contributed by atoms with Gasteiger partial charge in [0.15, 0.2) is 0 Å². The summed E-state index contributed by atoms with van der Waals surface area (Å²) >= 11 is 6.32. The number of benzene rings is 2. The van der Waals surface area contributed by atoms with Crippen LogP contribution >= 0.6 is 11.6 Å². The van der Waals surface area contributed by atoms with Crippen molar-refractivity contribution in [1.82, 2.24) is 10.6 Å². The topological polar surface area (TPSA) is 24.1 Å². The van der Waals surface area contributed by atoms with Gasteiger partial charge in [-0.2, -0.15) is 0 Å². The number of nitrogens with one attached hydrogen (secondary N) is 2. The Kier molecular flexibility index (Phi) is 4.39. The predicted octanol–water partition coefficient (Wildman–Crippen LogP) is 4.31. The average Bonchev–Trinajstić information content (AvgIpc) is 3.16. The smallest absolute Gasteiger partial charge is 0.0481 e. The lowest BCUT2D eigenvalue weighted by molar-refractivity contribution is 0.374. The molecule has 0 unspecified atom stereocenters. The van der Waals surface area contributed by atoms with Gasteiger partial charge in [0.1, 0.15) is 0 Å². The number of hydrogen-bond acceptors (Lipinski definition) is 2. The highest BCUT2D eigenvalue weighted by Crippen LogP contribution is 2.41. The van der Waals surface area contributed by atoms with Crippen molar-refractivity contribution in [3.8, 4) is 0 Å². The Morgan fingerprint density at radius 2 is 1.78 bits per heavy atom. The first-order chi connectivity index (χ1) is 11.3. The maximum Gasteiger partial charge on any atom is 0.0481 e. The van der Waals surface area contributed by atoms with Crippen LogP contribution in [0.5, 0.6) is 0 Å². The molecular formula is C20H23ClN2. The van der Waals surface area contributed by atoms with Gasteiger partial charge >= 0.3 is 0 Å². The summed E-state index contributed by atoms with van der Waals surface area (Å²) in [6.45, 7) is 0.832. The quantitative estimate of drug-likeness (QED) is 0.874. The molecule has 1 heterocycles. The molecule has 4 rings (SSSR count). The molecule has 1 saturated heterocycles. The third-order valence-corrected chi connectivity index (χ3v) is 5.80. The second-order valence-corrected chi connectivity index (χ2v) is 7.16. The second-order valence-electron chi connectivity index (χ2n) is 6.75. The molecule has 3 heteroatoms. The van der Waals surface area contributed by atoms with Crippen molar-refractivity contribution in [2.24, 2.45) is 5.92 Å². The van der Waals surface area contributed by atoms with Crippen molar-refractivity contribution in [3.63, 3.8) is 0 Å². The number of fused-ring (bicyclic) bond motifs is 1. The molecule has 0 radical (unpaired) electrons. The minimum atomic E-state index is 0.397. The maximum absolute atomic E-state index is 6.32. The summed E-state index contributed by atoms with van der Waals surface area (Å²) in [5, 5.41) is 8.54. The van der Waals surface area contributed by atoms with Crippen molar-refractivity contribution in [3.05, 3.63) is 70.7 Å². The van der Waals surface area contributed by atoms with Gasteiger partial charge in [-0.25, -0.2) is 0 Å². The Hall–Kier alpha value is -1.35. The lowest BCUT2D eigenvalue weighted by Gasteiger charge is -2.25. The van der Waals surface area contributed by atoms with E-state index in [1.54, 1.807) is 0 Å². The third kappa shape index (κ3) is 3.03. The maximum atomic E-state index is 6.32. The summed E-state index contributed by atoms with van der Waals surface area (Å²) in [6, 6.07) is 20.5. The van der Waals surface area contributed by atoms with E-state index < -0.39 is 0 Å². The largest absolute Gasteiger partial charge is 0.308 e. The van der Waals surface area contributed by atoms with Crippen LogP contribution in [-0.4, -0.2) is 12.1 Å². The zero-order valence-corrected chi connectivity index (χ0v) is 14.0. The summed E-state index contributed by atoms with van der Waals surface area (Å²) in [5.74, 6) is 0.725. The van der Waals surface area contributed by atoms with Crippen molar-refractivity contribution >= 4 is 11.6 Å². The Bertz CT molecular complexity index is 658. The lowest BCUT2D eigenvalue weighted by atomic mass is 9.91. The summed E-state index contributed by atoms with van der Waals surface area (Å²) < 4.78 is 0. The first-order valence-electron chi connectivity index (χ1n) is 8.61. The molecule has 1 aliphatic heterocycles. The first-order valence-corrected chi connectivity index (χ1v) is 8.98. The van der Waals surface area contributed by atoms with Crippen LogP contribution in [0.2, 0.25) is 5.02 Å². The molecule has 120 valence electrons. The van der Waals surface area contributed by atoms with E-state index in [2.05, 4.69) is 53.1 Å². The summed E-state index contributed by atoms with van der Waals surface area (Å²) in [6.07, 6.45) is 3.97. The number of rotatable bonds is 4. The molecule has 2 N–H and O–H groups in total.